The minimum atomic E-state index is -0.0301. The molecule has 0 aliphatic carbocycles. The lowest BCUT2D eigenvalue weighted by Gasteiger charge is -2.15. The molecular formula is C8H15N2O. The van der Waals surface area contributed by atoms with Gasteiger partial charge in [0.2, 0.25) is 0 Å². The Morgan fingerprint density at radius 1 is 1.36 bits per heavy atom. The number of hydrogen-bond acceptors (Lipinski definition) is 1. The van der Waals surface area contributed by atoms with Gasteiger partial charge in [0.15, 0.2) is 0 Å². The van der Waals surface area contributed by atoms with Crippen LogP contribution in [0.3, 0.4) is 0 Å². The lowest BCUT2D eigenvalue weighted by molar-refractivity contribution is 0.205. The molecule has 1 aliphatic rings. The summed E-state index contributed by atoms with van der Waals surface area (Å²) in [6.07, 6.45) is 2.28. The molecule has 1 saturated heterocycles. The highest BCUT2D eigenvalue weighted by Crippen LogP contribution is 2.07. The number of urea groups is 1. The van der Waals surface area contributed by atoms with Crippen LogP contribution in [0, 0.1) is 0 Å². The Labute approximate surface area is 67.8 Å². The summed E-state index contributed by atoms with van der Waals surface area (Å²) in [6, 6.07) is 0.0978. The Bertz CT molecular complexity index is 139. The molecule has 0 aromatic rings. The third-order valence-corrected chi connectivity index (χ3v) is 1.75. The van der Waals surface area contributed by atoms with Crippen molar-refractivity contribution in [2.75, 3.05) is 13.1 Å². The minimum absolute atomic E-state index is 0.0301. The normalized spacial score (nSPS) is 17.5. The lowest BCUT2D eigenvalue weighted by atomic mass is 10.4. The summed E-state index contributed by atoms with van der Waals surface area (Å²) in [5.41, 5.74) is 0. The van der Waals surface area contributed by atoms with Crippen molar-refractivity contribution in [3.8, 4) is 0 Å². The van der Waals surface area contributed by atoms with E-state index in [-0.39, 0.29) is 12.1 Å². The Hall–Kier alpha value is -0.730. The minimum Gasteiger partial charge on any atom is -0.323 e. The number of carbonyl (C=O) groups is 1. The van der Waals surface area contributed by atoms with Gasteiger partial charge in [0.25, 0.3) is 0 Å². The van der Waals surface area contributed by atoms with Gasteiger partial charge in [-0.25, -0.2) is 10.1 Å². The van der Waals surface area contributed by atoms with E-state index < -0.39 is 0 Å². The second-order valence-electron chi connectivity index (χ2n) is 3.20. The average molecular weight is 155 g/mol. The van der Waals surface area contributed by atoms with Gasteiger partial charge in [-0.2, -0.15) is 0 Å². The summed E-state index contributed by atoms with van der Waals surface area (Å²) in [5, 5.41) is 3.95. The maximum Gasteiger partial charge on any atom is 0.339 e. The number of likely N-dealkylation sites (tertiary alicyclic amines) is 1. The van der Waals surface area contributed by atoms with Gasteiger partial charge in [-0.3, -0.25) is 0 Å². The zero-order valence-corrected chi connectivity index (χ0v) is 7.21. The molecule has 0 aromatic heterocycles. The molecule has 0 spiro atoms. The first-order valence-electron chi connectivity index (χ1n) is 4.20. The fraction of sp³-hybridized carbons (Fsp3) is 0.875. The van der Waals surface area contributed by atoms with Crippen molar-refractivity contribution in [3.63, 3.8) is 0 Å². The van der Waals surface area contributed by atoms with Crippen molar-refractivity contribution in [1.82, 2.24) is 10.2 Å². The Morgan fingerprint density at radius 2 is 1.91 bits per heavy atom. The predicted molar refractivity (Wildman–Crippen MR) is 43.5 cm³/mol. The van der Waals surface area contributed by atoms with Gasteiger partial charge in [0.1, 0.15) is 0 Å². The summed E-state index contributed by atoms with van der Waals surface area (Å²) in [5.74, 6) is 0. The van der Waals surface area contributed by atoms with Gasteiger partial charge in [0.05, 0.1) is 0 Å². The van der Waals surface area contributed by atoms with Gasteiger partial charge >= 0.3 is 6.03 Å². The highest BCUT2D eigenvalue weighted by molar-refractivity contribution is 5.74. The molecule has 0 unspecified atom stereocenters. The molecule has 1 radical (unpaired) electrons. The van der Waals surface area contributed by atoms with Crippen LogP contribution in [-0.2, 0) is 0 Å². The second-order valence-corrected chi connectivity index (χ2v) is 3.20. The summed E-state index contributed by atoms with van der Waals surface area (Å²) in [6.45, 7) is 5.64. The van der Waals surface area contributed by atoms with Crippen molar-refractivity contribution < 1.29 is 4.79 Å². The van der Waals surface area contributed by atoms with Crippen LogP contribution < -0.4 is 5.32 Å². The Kier molecular flexibility index (Phi) is 2.74. The van der Waals surface area contributed by atoms with E-state index in [1.54, 1.807) is 0 Å². The van der Waals surface area contributed by atoms with Gasteiger partial charge in [0, 0.05) is 19.1 Å². The summed E-state index contributed by atoms with van der Waals surface area (Å²) < 4.78 is 0. The van der Waals surface area contributed by atoms with Gasteiger partial charge in [-0.1, -0.05) is 0 Å². The van der Waals surface area contributed by atoms with Crippen molar-refractivity contribution in [2.24, 2.45) is 0 Å². The van der Waals surface area contributed by atoms with Crippen LogP contribution in [0.25, 0.3) is 0 Å². The monoisotopic (exact) mass is 155 g/mol. The summed E-state index contributed by atoms with van der Waals surface area (Å²) in [4.78, 5) is 13.0. The van der Waals surface area contributed by atoms with Crippen molar-refractivity contribution in [3.05, 3.63) is 0 Å². The van der Waals surface area contributed by atoms with Gasteiger partial charge in [-0.15, -0.1) is 0 Å². The molecule has 0 saturated carbocycles. The van der Waals surface area contributed by atoms with E-state index in [4.69, 9.17) is 0 Å². The van der Waals surface area contributed by atoms with E-state index in [1.165, 1.54) is 0 Å². The van der Waals surface area contributed by atoms with Crippen LogP contribution >= 0.6 is 0 Å². The number of carbonyl (C=O) groups excluding carboxylic acids is 1. The van der Waals surface area contributed by atoms with E-state index in [9.17, 15) is 4.79 Å². The van der Waals surface area contributed by atoms with Crippen molar-refractivity contribution in [2.45, 2.75) is 32.7 Å². The highest BCUT2D eigenvalue weighted by Gasteiger charge is 2.18. The molecule has 2 amide bonds. The second kappa shape index (κ2) is 3.60. The van der Waals surface area contributed by atoms with Crippen LogP contribution in [-0.4, -0.2) is 30.1 Å². The van der Waals surface area contributed by atoms with Gasteiger partial charge < -0.3 is 4.90 Å². The molecule has 0 aromatic carbocycles. The van der Waals surface area contributed by atoms with E-state index in [0.29, 0.717) is 0 Å². The molecule has 0 bridgehead atoms. The number of hydrogen-bond donors (Lipinski definition) is 0. The van der Waals surface area contributed by atoms with Crippen LogP contribution in [0.2, 0.25) is 0 Å². The molecule has 1 fully saturated rings. The molecule has 3 nitrogen and oxygen atoms in total. The van der Waals surface area contributed by atoms with Crippen molar-refractivity contribution >= 4 is 6.03 Å². The lowest BCUT2D eigenvalue weighted by Crippen LogP contribution is -2.36. The van der Waals surface area contributed by atoms with Gasteiger partial charge in [-0.05, 0) is 26.7 Å². The largest absolute Gasteiger partial charge is 0.339 e. The molecule has 3 heteroatoms. The van der Waals surface area contributed by atoms with Crippen LogP contribution in [0.4, 0.5) is 4.79 Å². The SMILES string of the molecule is CC(C)[N]C(=O)N1CCCC1. The van der Waals surface area contributed by atoms with Crippen molar-refractivity contribution in [1.29, 1.82) is 0 Å². The maximum absolute atomic E-state index is 11.2. The quantitative estimate of drug-likeness (QED) is 0.560. The zero-order valence-electron chi connectivity index (χ0n) is 7.21. The van der Waals surface area contributed by atoms with E-state index in [1.807, 2.05) is 18.7 Å². The fourth-order valence-electron chi connectivity index (χ4n) is 1.21. The number of nitrogens with zero attached hydrogens (tertiary/aromatic N) is 2. The first-order chi connectivity index (χ1) is 5.20. The average Bonchev–Trinajstić information content (AvgIpc) is 2.35. The third kappa shape index (κ3) is 2.41. The zero-order chi connectivity index (χ0) is 8.27. The smallest absolute Gasteiger partial charge is 0.323 e. The molecular weight excluding hydrogens is 140 g/mol. The number of amides is 2. The van der Waals surface area contributed by atoms with Crippen LogP contribution in [0.1, 0.15) is 26.7 Å². The van der Waals surface area contributed by atoms with E-state index >= 15 is 0 Å². The Balaban J connectivity index is 2.28. The van der Waals surface area contributed by atoms with E-state index in [0.717, 1.165) is 25.9 Å². The molecule has 63 valence electrons. The third-order valence-electron chi connectivity index (χ3n) is 1.75. The van der Waals surface area contributed by atoms with E-state index in [2.05, 4.69) is 5.32 Å². The highest BCUT2D eigenvalue weighted by atomic mass is 16.2. The first kappa shape index (κ1) is 8.37. The molecule has 11 heavy (non-hydrogen) atoms. The molecule has 1 rings (SSSR count). The molecule has 1 aliphatic heterocycles. The topological polar surface area (TPSA) is 34.4 Å². The summed E-state index contributed by atoms with van der Waals surface area (Å²) >= 11 is 0. The molecule has 1 heterocycles. The summed E-state index contributed by atoms with van der Waals surface area (Å²) in [7, 11) is 0. The van der Waals surface area contributed by atoms with Crippen LogP contribution in [0.5, 0.6) is 0 Å². The predicted octanol–water partition coefficient (Wildman–Crippen LogP) is 1.22. The number of rotatable bonds is 1. The molecule has 0 atom stereocenters. The first-order valence-corrected chi connectivity index (χ1v) is 4.20. The fourth-order valence-corrected chi connectivity index (χ4v) is 1.21. The van der Waals surface area contributed by atoms with Crippen LogP contribution in [0.15, 0.2) is 0 Å². The molecule has 0 N–H and O–H groups in total. The maximum atomic E-state index is 11.2. The Morgan fingerprint density at radius 3 is 2.36 bits per heavy atom. The standard InChI is InChI=1S/C8H15N2O/c1-7(2)9-8(11)10-5-3-4-6-10/h7H,3-6H2,1-2H3.